The number of hydrogen-bond donors (Lipinski definition) is 2. The first-order chi connectivity index (χ1) is 10.4. The van der Waals surface area contributed by atoms with Crippen LogP contribution in [0.3, 0.4) is 0 Å². The van der Waals surface area contributed by atoms with Gasteiger partial charge in [-0.2, -0.15) is 0 Å². The molecule has 1 aromatic carbocycles. The fourth-order valence-electron chi connectivity index (χ4n) is 2.52. The molecule has 2 rings (SSSR count). The molecule has 23 heavy (non-hydrogen) atoms. The molecule has 1 aliphatic rings. The highest BCUT2D eigenvalue weighted by Crippen LogP contribution is 2.26. The maximum absolute atomic E-state index is 12.3. The Hall–Kier alpha value is -1.01. The van der Waals surface area contributed by atoms with Crippen LogP contribution in [0.25, 0.3) is 0 Å². The van der Waals surface area contributed by atoms with Crippen molar-refractivity contribution in [3.05, 3.63) is 28.2 Å². The predicted octanol–water partition coefficient (Wildman–Crippen LogP) is 3.54. The molecule has 0 saturated carbocycles. The third-order valence-corrected chi connectivity index (χ3v) is 4.73. The molecule has 0 bridgehead atoms. The normalized spacial score (nSPS) is 17.2. The third kappa shape index (κ3) is 5.24. The molecule has 0 radical (unpaired) electrons. The summed E-state index contributed by atoms with van der Waals surface area (Å²) in [6.45, 7) is 2.87. The van der Waals surface area contributed by atoms with Gasteiger partial charge in [-0.05, 0) is 51.1 Å². The molecule has 1 aliphatic heterocycles. The Kier molecular flexibility index (Phi) is 7.61. The van der Waals surface area contributed by atoms with Crippen LogP contribution in [0.5, 0.6) is 0 Å². The highest BCUT2D eigenvalue weighted by molar-refractivity contribution is 6.42. The molecule has 1 saturated heterocycles. The van der Waals surface area contributed by atoms with E-state index in [1.54, 1.807) is 25.1 Å². The maximum atomic E-state index is 12.3. The molecular weight excluding hydrogens is 363 g/mol. The zero-order valence-corrected chi connectivity index (χ0v) is 14.9. The van der Waals surface area contributed by atoms with Gasteiger partial charge in [0.2, 0.25) is 5.91 Å². The lowest BCUT2D eigenvalue weighted by atomic mass is 9.95. The maximum Gasteiger partial charge on any atom is 0.320 e. The second-order valence-electron chi connectivity index (χ2n) is 5.44. The van der Waals surface area contributed by atoms with Gasteiger partial charge in [-0.3, -0.25) is 14.5 Å². The van der Waals surface area contributed by atoms with Gasteiger partial charge >= 0.3 is 5.97 Å². The molecule has 2 N–H and O–H groups in total. The first-order valence-corrected chi connectivity index (χ1v) is 7.87. The largest absolute Gasteiger partial charge is 0.480 e. The van der Waals surface area contributed by atoms with Gasteiger partial charge < -0.3 is 10.4 Å². The first-order valence-electron chi connectivity index (χ1n) is 7.11. The van der Waals surface area contributed by atoms with E-state index in [0.717, 1.165) is 0 Å². The number of halogens is 3. The number of carboxylic acid groups (broad SMARTS) is 1. The Morgan fingerprint density at radius 2 is 1.87 bits per heavy atom. The number of amides is 1. The van der Waals surface area contributed by atoms with E-state index in [-0.39, 0.29) is 24.2 Å². The number of nitrogens with zero attached hydrogens (tertiary/aromatic N) is 1. The summed E-state index contributed by atoms with van der Waals surface area (Å²) in [4.78, 5) is 25.1. The average molecular weight is 382 g/mol. The summed E-state index contributed by atoms with van der Waals surface area (Å²) in [7, 11) is 0. The fourth-order valence-corrected chi connectivity index (χ4v) is 2.82. The average Bonchev–Trinajstić information content (AvgIpc) is 2.50. The summed E-state index contributed by atoms with van der Waals surface area (Å²) in [5.41, 5.74) is 0.612. The van der Waals surface area contributed by atoms with Gasteiger partial charge in [0.05, 0.1) is 10.0 Å². The van der Waals surface area contributed by atoms with Crippen LogP contribution in [0.2, 0.25) is 10.0 Å². The summed E-state index contributed by atoms with van der Waals surface area (Å²) in [6, 6.07) is 4.44. The minimum absolute atomic E-state index is 0. The number of benzene rings is 1. The van der Waals surface area contributed by atoms with Gasteiger partial charge in [-0.15, -0.1) is 12.4 Å². The lowest BCUT2D eigenvalue weighted by Crippen LogP contribution is -2.45. The Balaban J connectivity index is 0.00000264. The monoisotopic (exact) mass is 380 g/mol. The molecular formula is C15H19Cl3N2O3. The van der Waals surface area contributed by atoms with Crippen molar-refractivity contribution in [2.45, 2.75) is 25.8 Å². The fraction of sp³-hybridized carbons (Fsp3) is 0.467. The zero-order valence-electron chi connectivity index (χ0n) is 12.6. The van der Waals surface area contributed by atoms with Gasteiger partial charge in [0.25, 0.3) is 0 Å². The van der Waals surface area contributed by atoms with Crippen molar-refractivity contribution in [3.63, 3.8) is 0 Å². The molecule has 1 fully saturated rings. The SMILES string of the molecule is CC(C(=O)O)N1CCC(C(=O)Nc2ccc(Cl)c(Cl)c2)CC1.Cl. The van der Waals surface area contributed by atoms with Crippen molar-refractivity contribution in [1.29, 1.82) is 0 Å². The highest BCUT2D eigenvalue weighted by atomic mass is 35.5. The number of carbonyl (C=O) groups excluding carboxylic acids is 1. The smallest absolute Gasteiger partial charge is 0.320 e. The van der Waals surface area contributed by atoms with Crippen LogP contribution in [0, 0.1) is 5.92 Å². The van der Waals surface area contributed by atoms with Crippen LogP contribution < -0.4 is 5.32 Å². The number of carboxylic acids is 1. The van der Waals surface area contributed by atoms with Crippen LogP contribution in [-0.2, 0) is 9.59 Å². The molecule has 128 valence electrons. The van der Waals surface area contributed by atoms with E-state index in [9.17, 15) is 9.59 Å². The van der Waals surface area contributed by atoms with Crippen LogP contribution in [0.4, 0.5) is 5.69 Å². The molecule has 5 nitrogen and oxygen atoms in total. The lowest BCUT2D eigenvalue weighted by Gasteiger charge is -2.33. The summed E-state index contributed by atoms with van der Waals surface area (Å²) < 4.78 is 0. The van der Waals surface area contributed by atoms with Crippen molar-refractivity contribution in [1.82, 2.24) is 4.90 Å². The van der Waals surface area contributed by atoms with E-state index < -0.39 is 12.0 Å². The first kappa shape index (κ1) is 20.0. The number of anilines is 1. The van der Waals surface area contributed by atoms with Crippen LogP contribution in [0.15, 0.2) is 18.2 Å². The number of likely N-dealkylation sites (tertiary alicyclic amines) is 1. The minimum atomic E-state index is -0.835. The van der Waals surface area contributed by atoms with Gasteiger partial charge in [-0.1, -0.05) is 23.2 Å². The van der Waals surface area contributed by atoms with Crippen molar-refractivity contribution < 1.29 is 14.7 Å². The van der Waals surface area contributed by atoms with Crippen molar-refractivity contribution in [3.8, 4) is 0 Å². The number of nitrogens with one attached hydrogen (secondary N) is 1. The topological polar surface area (TPSA) is 69.6 Å². The van der Waals surface area contributed by atoms with Crippen molar-refractivity contribution >= 4 is 53.2 Å². The second kappa shape index (κ2) is 8.73. The molecule has 1 amide bonds. The highest BCUT2D eigenvalue weighted by Gasteiger charge is 2.29. The second-order valence-corrected chi connectivity index (χ2v) is 6.26. The molecule has 8 heteroatoms. The third-order valence-electron chi connectivity index (χ3n) is 3.99. The van der Waals surface area contributed by atoms with Gasteiger partial charge in [0.15, 0.2) is 0 Å². The van der Waals surface area contributed by atoms with Crippen molar-refractivity contribution in [2.24, 2.45) is 5.92 Å². The molecule has 0 aliphatic carbocycles. The van der Waals surface area contributed by atoms with E-state index >= 15 is 0 Å². The van der Waals surface area contributed by atoms with E-state index in [1.807, 2.05) is 4.90 Å². The van der Waals surface area contributed by atoms with Gasteiger partial charge in [-0.25, -0.2) is 0 Å². The Labute approximate surface area is 151 Å². The van der Waals surface area contributed by atoms with Crippen LogP contribution >= 0.6 is 35.6 Å². The number of carbonyl (C=O) groups is 2. The number of hydrogen-bond acceptors (Lipinski definition) is 3. The quantitative estimate of drug-likeness (QED) is 0.837. The number of piperidine rings is 1. The Morgan fingerprint density at radius 1 is 1.26 bits per heavy atom. The molecule has 1 unspecified atom stereocenters. The number of aliphatic carboxylic acids is 1. The van der Waals surface area contributed by atoms with Crippen LogP contribution in [-0.4, -0.2) is 41.0 Å². The summed E-state index contributed by atoms with van der Waals surface area (Å²) >= 11 is 11.8. The van der Waals surface area contributed by atoms with Gasteiger partial charge in [0, 0.05) is 11.6 Å². The van der Waals surface area contributed by atoms with Crippen molar-refractivity contribution in [2.75, 3.05) is 18.4 Å². The van der Waals surface area contributed by atoms with E-state index in [1.165, 1.54) is 0 Å². The molecule has 1 aromatic rings. The summed E-state index contributed by atoms with van der Waals surface area (Å²) in [5, 5.41) is 12.7. The zero-order chi connectivity index (χ0) is 16.3. The van der Waals surface area contributed by atoms with E-state index in [2.05, 4.69) is 5.32 Å². The van der Waals surface area contributed by atoms with Gasteiger partial charge in [0.1, 0.15) is 6.04 Å². The molecule has 0 spiro atoms. The minimum Gasteiger partial charge on any atom is -0.480 e. The Bertz CT molecular complexity index is 575. The standard InChI is InChI=1S/C15H18Cl2N2O3.ClH/c1-9(15(21)22)19-6-4-10(5-7-19)14(20)18-11-2-3-12(16)13(17)8-11;/h2-3,8-10H,4-7H2,1H3,(H,18,20)(H,21,22);1H. The number of rotatable bonds is 4. The molecule has 1 atom stereocenters. The summed E-state index contributed by atoms with van der Waals surface area (Å²) in [6.07, 6.45) is 1.29. The molecule has 0 aromatic heterocycles. The van der Waals surface area contributed by atoms with Crippen LogP contribution in [0.1, 0.15) is 19.8 Å². The van der Waals surface area contributed by atoms with E-state index in [0.29, 0.717) is 41.7 Å². The predicted molar refractivity (Wildman–Crippen MR) is 93.7 cm³/mol. The van der Waals surface area contributed by atoms with E-state index in [4.69, 9.17) is 28.3 Å². The Morgan fingerprint density at radius 3 is 2.39 bits per heavy atom. The lowest BCUT2D eigenvalue weighted by molar-refractivity contribution is -0.143. The summed E-state index contributed by atoms with van der Waals surface area (Å²) in [5.74, 6) is -1.02. The molecule has 1 heterocycles.